The number of allylic oxidation sites excluding steroid dienone is 1. The monoisotopic (exact) mass is 584 g/mol. The van der Waals surface area contributed by atoms with Gasteiger partial charge >= 0.3 is 0 Å². The Balaban J connectivity index is 1.59. The molecule has 0 bridgehead atoms. The van der Waals surface area contributed by atoms with Crippen molar-refractivity contribution >= 4 is 57.5 Å². The molecule has 41 heavy (non-hydrogen) atoms. The topological polar surface area (TPSA) is 74.2 Å². The molecule has 1 saturated heterocycles. The number of thioether (sulfide) groups is 2. The van der Waals surface area contributed by atoms with Gasteiger partial charge in [-0.05, 0) is 68.4 Å². The van der Waals surface area contributed by atoms with Crippen LogP contribution in [0.25, 0.3) is 5.70 Å². The molecule has 0 atom stereocenters. The van der Waals surface area contributed by atoms with Gasteiger partial charge in [0.05, 0.1) is 35.8 Å². The second kappa shape index (κ2) is 12.3. The van der Waals surface area contributed by atoms with Crippen LogP contribution in [0.3, 0.4) is 0 Å². The summed E-state index contributed by atoms with van der Waals surface area (Å²) in [5.41, 5.74) is 4.98. The minimum atomic E-state index is -0.103. The minimum absolute atomic E-state index is 0.0389. The zero-order chi connectivity index (χ0) is 29.1. The first kappa shape index (κ1) is 28.6. The van der Waals surface area contributed by atoms with E-state index in [9.17, 15) is 9.59 Å². The normalized spacial score (nSPS) is 18.1. The Morgan fingerprint density at radius 3 is 2.46 bits per heavy atom. The first-order valence-corrected chi connectivity index (χ1v) is 15.0. The largest absolute Gasteiger partial charge is 0.496 e. The third kappa shape index (κ3) is 5.78. The Hall–Kier alpha value is -3.95. The second-order valence-electron chi connectivity index (χ2n) is 9.59. The average molecular weight is 585 g/mol. The van der Waals surface area contributed by atoms with E-state index in [-0.39, 0.29) is 11.7 Å². The fourth-order valence-corrected chi connectivity index (χ4v) is 7.12. The lowest BCUT2D eigenvalue weighted by Gasteiger charge is -2.20. The lowest BCUT2D eigenvalue weighted by atomic mass is 10.1. The molecule has 7 nitrogen and oxygen atoms in total. The zero-order valence-electron chi connectivity index (χ0n) is 23.7. The van der Waals surface area contributed by atoms with Gasteiger partial charge in [0.1, 0.15) is 10.7 Å². The summed E-state index contributed by atoms with van der Waals surface area (Å²) >= 11 is 2.95. The number of ether oxygens (including phenoxy) is 1. The standard InChI is InChI=1S/C32H32N4O3S2/c1-6-33-25-17-16-23(20(2)37)18-26(25)34-32-36(19-22-12-8-7-9-13-22)30(38)29(41-32)31-35(4)28(21(3)40-31)24-14-10-11-15-27(24)39-5/h7-18,33H,6,19H2,1-5H3/b31-29-,34-32?. The van der Waals surface area contributed by atoms with Crippen LogP contribution in [0.1, 0.15) is 42.3 Å². The number of aliphatic imine (C=N–C) groups is 1. The summed E-state index contributed by atoms with van der Waals surface area (Å²) < 4.78 is 5.65. The smallest absolute Gasteiger partial charge is 0.269 e. The van der Waals surface area contributed by atoms with Crippen LogP contribution in [0.15, 0.2) is 92.6 Å². The van der Waals surface area contributed by atoms with Gasteiger partial charge in [0.2, 0.25) is 0 Å². The Bertz CT molecular complexity index is 1600. The molecule has 3 aromatic rings. The molecular weight excluding hydrogens is 553 g/mol. The molecule has 0 unspecified atom stereocenters. The number of anilines is 1. The summed E-state index contributed by atoms with van der Waals surface area (Å²) in [4.78, 5) is 36.8. The Morgan fingerprint density at radius 2 is 1.76 bits per heavy atom. The van der Waals surface area contributed by atoms with E-state index >= 15 is 0 Å². The summed E-state index contributed by atoms with van der Waals surface area (Å²) in [6.07, 6.45) is 0. The van der Waals surface area contributed by atoms with Gasteiger partial charge < -0.3 is 15.0 Å². The zero-order valence-corrected chi connectivity index (χ0v) is 25.4. The van der Waals surface area contributed by atoms with Crippen LogP contribution in [0.2, 0.25) is 0 Å². The van der Waals surface area contributed by atoms with Crippen molar-refractivity contribution in [3.8, 4) is 5.75 Å². The number of para-hydroxylation sites is 1. The number of hydrogen-bond donors (Lipinski definition) is 1. The number of rotatable bonds is 8. The Labute approximate surface area is 249 Å². The number of Topliss-reactive ketones (excluding diaryl/α,β-unsaturated/α-hetero) is 1. The molecule has 2 aliphatic heterocycles. The van der Waals surface area contributed by atoms with Crippen LogP contribution >= 0.6 is 23.5 Å². The van der Waals surface area contributed by atoms with Crippen molar-refractivity contribution in [1.82, 2.24) is 9.80 Å². The lowest BCUT2D eigenvalue weighted by Crippen LogP contribution is -2.29. The molecular formula is C32H32N4O3S2. The van der Waals surface area contributed by atoms with Gasteiger partial charge in [-0.25, -0.2) is 4.99 Å². The summed E-state index contributed by atoms with van der Waals surface area (Å²) in [5.74, 6) is 0.636. The molecule has 9 heteroatoms. The number of ketones is 1. The highest BCUT2D eigenvalue weighted by Gasteiger charge is 2.40. The van der Waals surface area contributed by atoms with Gasteiger partial charge in [0.25, 0.3) is 5.91 Å². The van der Waals surface area contributed by atoms with Gasteiger partial charge in [-0.1, -0.05) is 54.2 Å². The lowest BCUT2D eigenvalue weighted by molar-refractivity contribution is -0.122. The number of amidine groups is 1. The maximum atomic E-state index is 14.1. The highest BCUT2D eigenvalue weighted by atomic mass is 32.2. The van der Waals surface area contributed by atoms with Gasteiger partial charge in [-0.15, -0.1) is 0 Å². The number of carbonyl (C=O) groups excluding carboxylic acids is 2. The van der Waals surface area contributed by atoms with E-state index in [1.54, 1.807) is 42.8 Å². The number of nitrogens with zero attached hydrogens (tertiary/aromatic N) is 3. The molecule has 1 amide bonds. The first-order valence-electron chi connectivity index (χ1n) is 13.3. The summed E-state index contributed by atoms with van der Waals surface area (Å²) in [5, 5.41) is 4.75. The van der Waals surface area contributed by atoms with E-state index < -0.39 is 0 Å². The number of carbonyl (C=O) groups is 2. The van der Waals surface area contributed by atoms with E-state index in [0.717, 1.165) is 38.2 Å². The van der Waals surface area contributed by atoms with Crippen molar-refractivity contribution in [3.63, 3.8) is 0 Å². The third-order valence-electron chi connectivity index (χ3n) is 6.81. The van der Waals surface area contributed by atoms with Crippen LogP contribution < -0.4 is 10.1 Å². The highest BCUT2D eigenvalue weighted by molar-refractivity contribution is 8.19. The van der Waals surface area contributed by atoms with E-state index in [2.05, 4.69) is 17.1 Å². The van der Waals surface area contributed by atoms with E-state index in [0.29, 0.717) is 34.4 Å². The molecule has 0 aromatic heterocycles. The van der Waals surface area contributed by atoms with E-state index in [4.69, 9.17) is 9.73 Å². The van der Waals surface area contributed by atoms with Crippen LogP contribution in [-0.4, -0.2) is 47.4 Å². The van der Waals surface area contributed by atoms with Crippen molar-refractivity contribution in [2.24, 2.45) is 4.99 Å². The van der Waals surface area contributed by atoms with Gasteiger partial charge in [-0.3, -0.25) is 14.5 Å². The molecule has 2 aliphatic rings. The van der Waals surface area contributed by atoms with E-state index in [1.165, 1.54) is 11.8 Å². The van der Waals surface area contributed by atoms with Gasteiger partial charge in [0.15, 0.2) is 11.0 Å². The van der Waals surface area contributed by atoms with Crippen LogP contribution in [0, 0.1) is 0 Å². The molecule has 0 saturated carbocycles. The Morgan fingerprint density at radius 1 is 1.02 bits per heavy atom. The minimum Gasteiger partial charge on any atom is -0.496 e. The highest BCUT2D eigenvalue weighted by Crippen LogP contribution is 2.51. The fourth-order valence-electron chi connectivity index (χ4n) is 4.82. The molecule has 0 radical (unpaired) electrons. The number of hydrogen-bond acceptors (Lipinski definition) is 8. The number of benzene rings is 3. The molecule has 2 heterocycles. The number of nitrogens with one attached hydrogen (secondary N) is 1. The molecule has 0 aliphatic carbocycles. The maximum Gasteiger partial charge on any atom is 0.269 e. The summed E-state index contributed by atoms with van der Waals surface area (Å²) in [7, 11) is 3.65. The second-order valence-corrected chi connectivity index (χ2v) is 11.8. The van der Waals surface area contributed by atoms with Crippen LogP contribution in [0.4, 0.5) is 11.4 Å². The number of methoxy groups -OCH3 is 1. The predicted molar refractivity (Wildman–Crippen MR) is 170 cm³/mol. The first-order chi connectivity index (χ1) is 19.8. The quantitative estimate of drug-likeness (QED) is 0.220. The van der Waals surface area contributed by atoms with Crippen molar-refractivity contribution in [1.29, 1.82) is 0 Å². The third-order valence-corrected chi connectivity index (χ3v) is 9.18. The maximum absolute atomic E-state index is 14.1. The van der Waals surface area contributed by atoms with Gasteiger partial charge in [0, 0.05) is 29.6 Å². The molecule has 5 rings (SSSR count). The molecule has 1 fully saturated rings. The van der Waals surface area contributed by atoms with Crippen molar-refractivity contribution in [2.75, 3.05) is 26.0 Å². The SMILES string of the molecule is CCNc1ccc(C(C)=O)cc1N=C1S/C(=C2\SC(C)=C(c3ccccc3OC)N2C)C(=O)N1Cc1ccccc1. The Kier molecular flexibility index (Phi) is 8.56. The van der Waals surface area contributed by atoms with Crippen LogP contribution in [0.5, 0.6) is 5.75 Å². The van der Waals surface area contributed by atoms with Crippen molar-refractivity contribution in [3.05, 3.63) is 104 Å². The van der Waals surface area contributed by atoms with Crippen LogP contribution in [-0.2, 0) is 11.3 Å². The van der Waals surface area contributed by atoms with Crippen molar-refractivity contribution < 1.29 is 14.3 Å². The predicted octanol–water partition coefficient (Wildman–Crippen LogP) is 7.33. The molecule has 210 valence electrons. The van der Waals surface area contributed by atoms with E-state index in [1.807, 2.05) is 74.6 Å². The molecule has 1 N–H and O–H groups in total. The van der Waals surface area contributed by atoms with Crippen molar-refractivity contribution in [2.45, 2.75) is 27.3 Å². The number of amides is 1. The molecule has 3 aromatic carbocycles. The fraction of sp³-hybridized carbons (Fsp3) is 0.219. The summed E-state index contributed by atoms with van der Waals surface area (Å²) in [6.45, 7) is 6.69. The summed E-state index contributed by atoms with van der Waals surface area (Å²) in [6, 6.07) is 23.3. The van der Waals surface area contributed by atoms with Gasteiger partial charge in [-0.2, -0.15) is 0 Å². The average Bonchev–Trinajstić information content (AvgIpc) is 3.43. The molecule has 0 spiro atoms.